The van der Waals surface area contributed by atoms with Gasteiger partial charge in [0.05, 0.1) is 23.5 Å². The van der Waals surface area contributed by atoms with Gasteiger partial charge in [-0.05, 0) is 37.2 Å². The number of carbonyl (C=O) groups excluding carboxylic acids is 1. The van der Waals surface area contributed by atoms with E-state index in [0.29, 0.717) is 10.9 Å². The quantitative estimate of drug-likeness (QED) is 0.702. The molecule has 0 spiro atoms. The van der Waals surface area contributed by atoms with Crippen LogP contribution in [0.25, 0.3) is 0 Å². The van der Waals surface area contributed by atoms with Crippen molar-refractivity contribution in [2.24, 2.45) is 0 Å². The molecule has 0 saturated carbocycles. The van der Waals surface area contributed by atoms with Gasteiger partial charge in [0, 0.05) is 30.8 Å². The van der Waals surface area contributed by atoms with Crippen molar-refractivity contribution < 1.29 is 17.9 Å². The molecule has 0 aliphatic carbocycles. The fraction of sp³-hybridized carbons (Fsp3) is 0.474. The largest absolute Gasteiger partial charge is 0.497 e. The maximum Gasteiger partial charge on any atom is 0.227 e. The number of aromatic nitrogens is 1. The third-order valence-electron chi connectivity index (χ3n) is 4.61. The third kappa shape index (κ3) is 5.09. The normalized spacial score (nSPS) is 14.5. The number of nitrogens with zero attached hydrogens (tertiary/aromatic N) is 2. The minimum atomic E-state index is -3.53. The molecule has 1 amide bonds. The highest BCUT2D eigenvalue weighted by atomic mass is 32.2. The lowest BCUT2D eigenvalue weighted by Gasteiger charge is -2.24. The molecule has 3 rings (SSSR count). The van der Waals surface area contributed by atoms with E-state index in [0.717, 1.165) is 38.2 Å². The van der Waals surface area contributed by atoms with E-state index in [1.807, 2.05) is 0 Å². The van der Waals surface area contributed by atoms with Gasteiger partial charge in [-0.2, -0.15) is 0 Å². The Morgan fingerprint density at radius 2 is 2.07 bits per heavy atom. The molecule has 0 bridgehead atoms. The first kappa shape index (κ1) is 20.8. The van der Waals surface area contributed by atoms with Gasteiger partial charge in [0.1, 0.15) is 5.75 Å². The Balaban J connectivity index is 1.56. The number of rotatable bonds is 8. The van der Waals surface area contributed by atoms with E-state index in [2.05, 4.69) is 22.1 Å². The number of hydrogen-bond acceptors (Lipinski definition) is 7. The highest BCUT2D eigenvalue weighted by Crippen LogP contribution is 2.28. The van der Waals surface area contributed by atoms with Crippen LogP contribution in [-0.4, -0.2) is 50.2 Å². The van der Waals surface area contributed by atoms with E-state index < -0.39 is 9.84 Å². The molecule has 1 aliphatic rings. The molecular weight excluding hydrogens is 398 g/mol. The first-order chi connectivity index (χ1) is 13.4. The molecule has 152 valence electrons. The number of thiazole rings is 1. The number of methoxy groups -OCH3 is 1. The van der Waals surface area contributed by atoms with Crippen LogP contribution in [0, 0.1) is 0 Å². The number of sulfone groups is 1. The van der Waals surface area contributed by atoms with Crippen LogP contribution in [0.5, 0.6) is 5.75 Å². The number of nitrogens with one attached hydrogen (secondary N) is 1. The predicted octanol–water partition coefficient (Wildman–Crippen LogP) is 2.72. The number of ether oxygens (including phenoxy) is 1. The number of hydrogen-bond donors (Lipinski definition) is 1. The molecule has 0 atom stereocenters. The average molecular weight is 424 g/mol. The molecule has 28 heavy (non-hydrogen) atoms. The zero-order valence-electron chi connectivity index (χ0n) is 16.1. The van der Waals surface area contributed by atoms with Gasteiger partial charge in [0.15, 0.2) is 15.0 Å². The van der Waals surface area contributed by atoms with E-state index in [1.54, 1.807) is 12.1 Å². The third-order valence-corrected chi connectivity index (χ3v) is 7.34. The number of amides is 1. The van der Waals surface area contributed by atoms with Crippen molar-refractivity contribution in [1.29, 1.82) is 0 Å². The minimum Gasteiger partial charge on any atom is -0.497 e. The monoisotopic (exact) mass is 423 g/mol. The Kier molecular flexibility index (Phi) is 6.69. The highest BCUT2D eigenvalue weighted by molar-refractivity contribution is 7.91. The molecule has 7 nitrogen and oxygen atoms in total. The maximum absolute atomic E-state index is 12.4. The van der Waals surface area contributed by atoms with Gasteiger partial charge in [0.2, 0.25) is 5.91 Å². The first-order valence-corrected chi connectivity index (χ1v) is 11.8. The molecule has 0 fully saturated rings. The second-order valence-electron chi connectivity index (χ2n) is 6.71. The first-order valence-electron chi connectivity index (χ1n) is 9.29. The SMILES string of the molecule is CCCN1CCc2nc(NC(=O)CCS(=O)(=O)c3ccc(OC)cc3)sc2C1. The molecule has 1 aliphatic heterocycles. The van der Waals surface area contributed by atoms with Gasteiger partial charge in [-0.1, -0.05) is 6.92 Å². The molecule has 0 saturated heterocycles. The van der Waals surface area contributed by atoms with Crippen LogP contribution in [0.4, 0.5) is 5.13 Å². The second kappa shape index (κ2) is 9.02. The summed E-state index contributed by atoms with van der Waals surface area (Å²) in [4.78, 5) is 20.5. The van der Waals surface area contributed by atoms with Crippen LogP contribution in [0.15, 0.2) is 29.2 Å². The van der Waals surface area contributed by atoms with E-state index in [-0.39, 0.29) is 23.0 Å². The van der Waals surface area contributed by atoms with E-state index in [1.165, 1.54) is 35.5 Å². The minimum absolute atomic E-state index is 0.111. The molecule has 1 aromatic heterocycles. The summed E-state index contributed by atoms with van der Waals surface area (Å²) in [6, 6.07) is 6.16. The predicted molar refractivity (Wildman–Crippen MR) is 110 cm³/mol. The smallest absolute Gasteiger partial charge is 0.227 e. The zero-order valence-corrected chi connectivity index (χ0v) is 17.7. The van der Waals surface area contributed by atoms with Crippen LogP contribution in [0.3, 0.4) is 0 Å². The summed E-state index contributed by atoms with van der Waals surface area (Å²) in [5.41, 5.74) is 1.04. The van der Waals surface area contributed by atoms with Crippen molar-refractivity contribution in [3.63, 3.8) is 0 Å². The summed E-state index contributed by atoms with van der Waals surface area (Å²) in [6.45, 7) is 5.07. The van der Waals surface area contributed by atoms with Gasteiger partial charge in [-0.15, -0.1) is 11.3 Å². The van der Waals surface area contributed by atoms with Gasteiger partial charge in [0.25, 0.3) is 0 Å². The Morgan fingerprint density at radius 1 is 1.32 bits per heavy atom. The fourth-order valence-corrected chi connectivity index (χ4v) is 5.43. The van der Waals surface area contributed by atoms with Crippen molar-refractivity contribution in [2.75, 3.05) is 31.3 Å². The lowest BCUT2D eigenvalue weighted by Crippen LogP contribution is -2.30. The molecular formula is C19H25N3O4S2. The van der Waals surface area contributed by atoms with Crippen LogP contribution in [0.2, 0.25) is 0 Å². The van der Waals surface area contributed by atoms with Crippen molar-refractivity contribution in [2.45, 2.75) is 37.6 Å². The van der Waals surface area contributed by atoms with Crippen molar-refractivity contribution in [3.8, 4) is 5.75 Å². The molecule has 9 heteroatoms. The zero-order chi connectivity index (χ0) is 20.1. The summed E-state index contributed by atoms with van der Waals surface area (Å²) in [7, 11) is -2.01. The number of fused-ring (bicyclic) bond motifs is 1. The van der Waals surface area contributed by atoms with Crippen molar-refractivity contribution in [3.05, 3.63) is 34.8 Å². The van der Waals surface area contributed by atoms with Gasteiger partial charge in [-0.25, -0.2) is 13.4 Å². The van der Waals surface area contributed by atoms with Gasteiger partial charge < -0.3 is 10.1 Å². The van der Waals surface area contributed by atoms with E-state index in [4.69, 9.17) is 4.74 Å². The number of anilines is 1. The fourth-order valence-electron chi connectivity index (χ4n) is 3.12. The molecule has 2 heterocycles. The molecule has 1 aromatic carbocycles. The highest BCUT2D eigenvalue weighted by Gasteiger charge is 2.22. The Labute approximate surface area is 169 Å². The van der Waals surface area contributed by atoms with Crippen molar-refractivity contribution >= 4 is 32.2 Å². The van der Waals surface area contributed by atoms with Crippen LogP contribution < -0.4 is 10.1 Å². The second-order valence-corrected chi connectivity index (χ2v) is 9.90. The topological polar surface area (TPSA) is 88.6 Å². The summed E-state index contributed by atoms with van der Waals surface area (Å²) in [5, 5.41) is 3.30. The summed E-state index contributed by atoms with van der Waals surface area (Å²) >= 11 is 1.48. The summed E-state index contributed by atoms with van der Waals surface area (Å²) in [5.74, 6) is -0.00361. The Bertz CT molecular complexity index is 923. The maximum atomic E-state index is 12.4. The van der Waals surface area contributed by atoms with Crippen molar-refractivity contribution in [1.82, 2.24) is 9.88 Å². The van der Waals surface area contributed by atoms with E-state index in [9.17, 15) is 13.2 Å². The van der Waals surface area contributed by atoms with Gasteiger partial charge in [-0.3, -0.25) is 9.69 Å². The van der Waals surface area contributed by atoms with E-state index >= 15 is 0 Å². The summed E-state index contributed by atoms with van der Waals surface area (Å²) in [6.07, 6.45) is 1.88. The lowest BCUT2D eigenvalue weighted by atomic mass is 10.2. The average Bonchev–Trinajstić information content (AvgIpc) is 3.08. The Hall–Kier alpha value is -1.97. The lowest BCUT2D eigenvalue weighted by molar-refractivity contribution is -0.115. The van der Waals surface area contributed by atoms with Crippen LogP contribution in [-0.2, 0) is 27.6 Å². The van der Waals surface area contributed by atoms with Crippen LogP contribution in [0.1, 0.15) is 30.3 Å². The summed E-state index contributed by atoms with van der Waals surface area (Å²) < 4.78 is 29.8. The standard InChI is InChI=1S/C19H25N3O4S2/c1-3-10-22-11-8-16-17(13-22)27-19(20-16)21-18(23)9-12-28(24,25)15-6-4-14(26-2)5-7-15/h4-7H,3,8-13H2,1-2H3,(H,20,21,23). The number of benzene rings is 1. The molecule has 0 radical (unpaired) electrons. The number of carbonyl (C=O) groups is 1. The van der Waals surface area contributed by atoms with Gasteiger partial charge >= 0.3 is 0 Å². The van der Waals surface area contributed by atoms with Crippen LogP contribution >= 0.6 is 11.3 Å². The molecule has 2 aromatic rings. The Morgan fingerprint density at radius 3 is 2.75 bits per heavy atom. The molecule has 1 N–H and O–H groups in total. The molecule has 0 unspecified atom stereocenters.